The van der Waals surface area contributed by atoms with Crippen molar-refractivity contribution >= 4 is 5.78 Å². The number of Topliss-reactive ketones (excluding diaryl/α,β-unsaturated/α-hetero) is 1. The molecule has 1 heterocycles. The van der Waals surface area contributed by atoms with Gasteiger partial charge in [0.15, 0.2) is 5.78 Å². The van der Waals surface area contributed by atoms with Gasteiger partial charge >= 0.3 is 0 Å². The number of carbonyl (C=O) groups is 1. The van der Waals surface area contributed by atoms with Crippen molar-refractivity contribution in [3.8, 4) is 11.1 Å². The number of rotatable bonds is 4. The highest BCUT2D eigenvalue weighted by atomic mass is 16.1. The number of pyridine rings is 1. The molecule has 0 aliphatic heterocycles. The highest BCUT2D eigenvalue weighted by Gasteiger charge is 2.08. The molecule has 0 saturated carbocycles. The molecule has 1 aromatic heterocycles. The molecule has 3 rings (SSSR count). The molecule has 2 nitrogen and oxygen atoms in total. The molecule has 0 unspecified atom stereocenters. The van der Waals surface area contributed by atoms with Gasteiger partial charge < -0.3 is 0 Å². The molecule has 0 spiro atoms. The van der Waals surface area contributed by atoms with Crippen molar-refractivity contribution in [2.75, 3.05) is 0 Å². The average Bonchev–Trinajstić information content (AvgIpc) is 2.57. The van der Waals surface area contributed by atoms with Gasteiger partial charge in [-0.1, -0.05) is 60.7 Å². The van der Waals surface area contributed by atoms with Crippen LogP contribution >= 0.6 is 0 Å². The van der Waals surface area contributed by atoms with E-state index in [1.54, 1.807) is 6.20 Å². The molecular weight excluding hydrogens is 258 g/mol. The fourth-order valence-electron chi connectivity index (χ4n) is 2.28. The summed E-state index contributed by atoms with van der Waals surface area (Å²) < 4.78 is 0. The molecule has 0 bridgehead atoms. The summed E-state index contributed by atoms with van der Waals surface area (Å²) in [6.45, 7) is 0. The zero-order valence-corrected chi connectivity index (χ0v) is 11.6. The average molecular weight is 273 g/mol. The van der Waals surface area contributed by atoms with E-state index in [0.717, 1.165) is 22.4 Å². The number of hydrogen-bond donors (Lipinski definition) is 0. The van der Waals surface area contributed by atoms with Crippen molar-refractivity contribution in [2.45, 2.75) is 6.42 Å². The molecule has 0 radical (unpaired) electrons. The number of hydrogen-bond acceptors (Lipinski definition) is 2. The first kappa shape index (κ1) is 13.3. The summed E-state index contributed by atoms with van der Waals surface area (Å²) in [5.74, 6) is 0.0910. The van der Waals surface area contributed by atoms with Crippen LogP contribution in [0.15, 0.2) is 79.0 Å². The lowest BCUT2D eigenvalue weighted by Gasteiger charge is -2.05. The number of ketones is 1. The van der Waals surface area contributed by atoms with Crippen LogP contribution in [0, 0.1) is 0 Å². The fourth-order valence-corrected chi connectivity index (χ4v) is 2.28. The predicted molar refractivity (Wildman–Crippen MR) is 84.1 cm³/mol. The summed E-state index contributed by atoms with van der Waals surface area (Å²) in [6, 6.07) is 23.4. The first-order valence-electron chi connectivity index (χ1n) is 6.91. The Hall–Kier alpha value is -2.74. The number of carbonyl (C=O) groups excluding carboxylic acids is 1. The van der Waals surface area contributed by atoms with Gasteiger partial charge in [0.05, 0.1) is 6.42 Å². The van der Waals surface area contributed by atoms with Crippen LogP contribution in [0.25, 0.3) is 11.1 Å². The molecule has 2 heteroatoms. The Labute approximate surface area is 124 Å². The van der Waals surface area contributed by atoms with Crippen molar-refractivity contribution in [1.29, 1.82) is 0 Å². The molecule has 0 aliphatic carbocycles. The largest absolute Gasteiger partial charge is 0.294 e. The van der Waals surface area contributed by atoms with Crippen molar-refractivity contribution < 1.29 is 4.79 Å². The minimum Gasteiger partial charge on any atom is -0.294 e. The van der Waals surface area contributed by atoms with Gasteiger partial charge in [-0.3, -0.25) is 9.78 Å². The first-order valence-corrected chi connectivity index (χ1v) is 6.91. The van der Waals surface area contributed by atoms with Gasteiger partial charge in [-0.25, -0.2) is 0 Å². The maximum Gasteiger partial charge on any atom is 0.168 e. The lowest BCUT2D eigenvalue weighted by Crippen LogP contribution is -2.04. The molecule has 0 saturated heterocycles. The van der Waals surface area contributed by atoms with Crippen LogP contribution in [0.2, 0.25) is 0 Å². The normalized spacial score (nSPS) is 10.3. The van der Waals surface area contributed by atoms with E-state index >= 15 is 0 Å². The Morgan fingerprint density at radius 2 is 1.48 bits per heavy atom. The number of aromatic nitrogens is 1. The number of nitrogens with zero attached hydrogens (tertiary/aromatic N) is 1. The van der Waals surface area contributed by atoms with Gasteiger partial charge in [0.2, 0.25) is 0 Å². The van der Waals surface area contributed by atoms with Gasteiger partial charge in [0, 0.05) is 17.5 Å². The summed E-state index contributed by atoms with van der Waals surface area (Å²) in [7, 11) is 0. The summed E-state index contributed by atoms with van der Waals surface area (Å²) in [5.41, 5.74) is 3.74. The Morgan fingerprint density at radius 1 is 0.810 bits per heavy atom. The smallest absolute Gasteiger partial charge is 0.168 e. The monoisotopic (exact) mass is 273 g/mol. The lowest BCUT2D eigenvalue weighted by atomic mass is 10.0. The van der Waals surface area contributed by atoms with Crippen LogP contribution in [0.5, 0.6) is 0 Å². The van der Waals surface area contributed by atoms with Crippen LogP contribution in [-0.4, -0.2) is 10.8 Å². The minimum atomic E-state index is 0.0910. The summed E-state index contributed by atoms with van der Waals surface area (Å²) in [4.78, 5) is 16.5. The SMILES string of the molecule is O=C(Cc1cc(-c2ccccc2)ccn1)c1ccccc1. The lowest BCUT2D eigenvalue weighted by molar-refractivity contribution is 0.0992. The van der Waals surface area contributed by atoms with E-state index in [4.69, 9.17) is 0 Å². The third-order valence-electron chi connectivity index (χ3n) is 3.36. The zero-order chi connectivity index (χ0) is 14.5. The summed E-state index contributed by atoms with van der Waals surface area (Å²) >= 11 is 0. The van der Waals surface area contributed by atoms with Crippen molar-refractivity contribution in [2.24, 2.45) is 0 Å². The molecule has 0 fully saturated rings. The summed E-state index contributed by atoms with van der Waals surface area (Å²) in [6.07, 6.45) is 2.08. The fraction of sp³-hybridized carbons (Fsp3) is 0.0526. The maximum atomic E-state index is 12.2. The zero-order valence-electron chi connectivity index (χ0n) is 11.6. The Bertz CT molecular complexity index is 736. The van der Waals surface area contributed by atoms with Crippen LogP contribution < -0.4 is 0 Å². The Balaban J connectivity index is 1.83. The molecule has 0 N–H and O–H groups in total. The van der Waals surface area contributed by atoms with E-state index in [0.29, 0.717) is 6.42 Å². The Kier molecular flexibility index (Phi) is 3.88. The van der Waals surface area contributed by atoms with E-state index in [9.17, 15) is 4.79 Å². The molecule has 102 valence electrons. The molecule has 3 aromatic rings. The maximum absolute atomic E-state index is 12.2. The van der Waals surface area contributed by atoms with Crippen molar-refractivity contribution in [1.82, 2.24) is 4.98 Å². The second-order valence-electron chi connectivity index (χ2n) is 4.87. The van der Waals surface area contributed by atoms with Crippen LogP contribution in [0.3, 0.4) is 0 Å². The molecule has 2 aromatic carbocycles. The van der Waals surface area contributed by atoms with Gasteiger partial charge in [-0.05, 0) is 23.3 Å². The van der Waals surface area contributed by atoms with Crippen molar-refractivity contribution in [3.63, 3.8) is 0 Å². The van der Waals surface area contributed by atoms with Crippen LogP contribution in [0.1, 0.15) is 16.1 Å². The third kappa shape index (κ3) is 3.23. The number of benzene rings is 2. The quantitative estimate of drug-likeness (QED) is 0.668. The third-order valence-corrected chi connectivity index (χ3v) is 3.36. The Morgan fingerprint density at radius 3 is 2.19 bits per heavy atom. The molecule has 0 atom stereocenters. The second-order valence-corrected chi connectivity index (χ2v) is 4.87. The van der Waals surface area contributed by atoms with Gasteiger partial charge in [-0.15, -0.1) is 0 Å². The van der Waals surface area contributed by atoms with E-state index in [1.165, 1.54) is 0 Å². The van der Waals surface area contributed by atoms with Crippen molar-refractivity contribution in [3.05, 3.63) is 90.3 Å². The molecule has 21 heavy (non-hydrogen) atoms. The highest BCUT2D eigenvalue weighted by molar-refractivity contribution is 5.97. The standard InChI is InChI=1S/C19H15NO/c21-19(16-9-5-2-6-10-16)14-18-13-17(11-12-20-18)15-7-3-1-4-8-15/h1-13H,14H2. The molecule has 0 aliphatic rings. The van der Waals surface area contributed by atoms with E-state index in [2.05, 4.69) is 17.1 Å². The second kappa shape index (κ2) is 6.14. The van der Waals surface area contributed by atoms with Gasteiger partial charge in [0.1, 0.15) is 0 Å². The van der Waals surface area contributed by atoms with E-state index in [-0.39, 0.29) is 5.78 Å². The molecule has 0 amide bonds. The van der Waals surface area contributed by atoms with Gasteiger partial charge in [0.25, 0.3) is 0 Å². The van der Waals surface area contributed by atoms with Crippen LogP contribution in [-0.2, 0) is 6.42 Å². The minimum absolute atomic E-state index is 0.0910. The molecular formula is C19H15NO. The predicted octanol–water partition coefficient (Wildman–Crippen LogP) is 4.17. The topological polar surface area (TPSA) is 30.0 Å². The highest BCUT2D eigenvalue weighted by Crippen LogP contribution is 2.19. The summed E-state index contributed by atoms with van der Waals surface area (Å²) in [5, 5.41) is 0. The van der Waals surface area contributed by atoms with Gasteiger partial charge in [-0.2, -0.15) is 0 Å². The van der Waals surface area contributed by atoms with E-state index in [1.807, 2.05) is 60.7 Å². The van der Waals surface area contributed by atoms with Crippen LogP contribution in [0.4, 0.5) is 0 Å². The first-order chi connectivity index (χ1) is 10.3. The van der Waals surface area contributed by atoms with E-state index < -0.39 is 0 Å².